The quantitative estimate of drug-likeness (QED) is 0.781. The molecule has 2 heterocycles. The van der Waals surface area contributed by atoms with Gasteiger partial charge >= 0.3 is 0 Å². The smallest absolute Gasteiger partial charge is 0.279 e. The number of nitrogens with zero attached hydrogens (tertiary/aromatic N) is 1. The molecule has 1 saturated heterocycles. The second-order valence-electron chi connectivity index (χ2n) is 5.04. The van der Waals surface area contributed by atoms with E-state index in [-0.39, 0.29) is 6.10 Å². The first-order valence-electron chi connectivity index (χ1n) is 6.98. The minimum Gasteiger partial charge on any atom is -0.484 e. The van der Waals surface area contributed by atoms with Crippen molar-refractivity contribution in [3.05, 3.63) is 47.5 Å². The predicted octanol–water partition coefficient (Wildman–Crippen LogP) is 4.09. The lowest BCUT2D eigenvalue weighted by Crippen LogP contribution is -2.50. The Morgan fingerprint density at radius 2 is 2.00 bits per heavy atom. The molecule has 1 aliphatic heterocycles. The molecular weight excluding hydrogens is 320 g/mol. The summed E-state index contributed by atoms with van der Waals surface area (Å²) in [4.78, 5) is 4.48. The normalized spacial score (nSPS) is 14.8. The number of ether oxygens (including phenoxy) is 2. The second-order valence-corrected chi connectivity index (χ2v) is 6.47. The van der Waals surface area contributed by atoms with Crippen LogP contribution in [0.3, 0.4) is 0 Å². The van der Waals surface area contributed by atoms with Crippen LogP contribution in [0, 0.1) is 0 Å². The van der Waals surface area contributed by atoms with Crippen molar-refractivity contribution in [2.45, 2.75) is 6.10 Å². The number of fused-ring (bicyclic) bond motifs is 1. The Kier molecular flexibility index (Phi) is 3.62. The Hall–Kier alpha value is -1.82. The molecule has 4 rings (SSSR count). The third-order valence-corrected chi connectivity index (χ3v) is 4.56. The largest absolute Gasteiger partial charge is 0.484 e. The number of rotatable bonds is 4. The number of aromatic nitrogens is 1. The van der Waals surface area contributed by atoms with Crippen molar-refractivity contribution in [2.24, 2.45) is 0 Å². The molecule has 0 bridgehead atoms. The highest BCUT2D eigenvalue weighted by molar-refractivity contribution is 7.20. The van der Waals surface area contributed by atoms with Gasteiger partial charge in [0, 0.05) is 24.2 Å². The zero-order valence-electron chi connectivity index (χ0n) is 11.6. The maximum atomic E-state index is 6.06. The lowest BCUT2D eigenvalue weighted by molar-refractivity contribution is 0.138. The summed E-state index contributed by atoms with van der Waals surface area (Å²) in [6.45, 7) is 1.68. The third-order valence-electron chi connectivity index (χ3n) is 3.41. The molecule has 112 valence electrons. The standard InChI is InChI=1S/C16H13ClN2O2S/c17-10-5-6-13(14(7-10)20-11-8-18-9-11)21-16-19-12-3-1-2-4-15(12)22-16/h1-7,11,18H,8-9H2. The number of nitrogens with one attached hydrogen (secondary N) is 1. The molecule has 22 heavy (non-hydrogen) atoms. The number of thiazole rings is 1. The Labute approximate surface area is 136 Å². The monoisotopic (exact) mass is 332 g/mol. The van der Waals surface area contributed by atoms with E-state index in [1.54, 1.807) is 12.1 Å². The molecule has 0 atom stereocenters. The molecule has 0 radical (unpaired) electrons. The molecule has 0 spiro atoms. The van der Waals surface area contributed by atoms with Gasteiger partial charge in [0.2, 0.25) is 0 Å². The molecule has 3 aromatic rings. The molecule has 1 N–H and O–H groups in total. The van der Waals surface area contributed by atoms with E-state index in [9.17, 15) is 0 Å². The van der Waals surface area contributed by atoms with Gasteiger partial charge in [0.05, 0.1) is 10.2 Å². The maximum Gasteiger partial charge on any atom is 0.279 e. The van der Waals surface area contributed by atoms with Gasteiger partial charge in [-0.25, -0.2) is 4.98 Å². The first-order valence-corrected chi connectivity index (χ1v) is 8.18. The van der Waals surface area contributed by atoms with E-state index >= 15 is 0 Å². The van der Waals surface area contributed by atoms with Gasteiger partial charge in [-0.1, -0.05) is 35.1 Å². The highest BCUT2D eigenvalue weighted by Crippen LogP contribution is 2.37. The van der Waals surface area contributed by atoms with E-state index in [0.29, 0.717) is 21.7 Å². The van der Waals surface area contributed by atoms with Crippen LogP contribution in [0.1, 0.15) is 0 Å². The van der Waals surface area contributed by atoms with Crippen LogP contribution in [0.5, 0.6) is 16.7 Å². The predicted molar refractivity (Wildman–Crippen MR) is 88.4 cm³/mol. The van der Waals surface area contributed by atoms with E-state index < -0.39 is 0 Å². The molecule has 1 fully saturated rings. The van der Waals surface area contributed by atoms with E-state index in [4.69, 9.17) is 21.1 Å². The van der Waals surface area contributed by atoms with Crippen molar-refractivity contribution < 1.29 is 9.47 Å². The Morgan fingerprint density at radius 1 is 1.14 bits per heavy atom. The fourth-order valence-corrected chi connectivity index (χ4v) is 3.16. The number of halogens is 1. The summed E-state index contributed by atoms with van der Waals surface area (Å²) in [5, 5.41) is 4.40. The van der Waals surface area contributed by atoms with Crippen LogP contribution in [0.25, 0.3) is 10.2 Å². The van der Waals surface area contributed by atoms with Gasteiger partial charge in [-0.2, -0.15) is 0 Å². The van der Waals surface area contributed by atoms with Crippen molar-refractivity contribution in [3.63, 3.8) is 0 Å². The summed E-state index contributed by atoms with van der Waals surface area (Å²) in [6.07, 6.45) is 0.163. The number of para-hydroxylation sites is 1. The van der Waals surface area contributed by atoms with Crippen LogP contribution < -0.4 is 14.8 Å². The molecule has 2 aromatic carbocycles. The fourth-order valence-electron chi connectivity index (χ4n) is 2.17. The van der Waals surface area contributed by atoms with E-state index in [0.717, 1.165) is 23.3 Å². The summed E-state index contributed by atoms with van der Waals surface area (Å²) >= 11 is 7.57. The molecular formula is C16H13ClN2O2S. The summed E-state index contributed by atoms with van der Waals surface area (Å²) in [5.74, 6) is 1.29. The molecule has 0 unspecified atom stereocenters. The zero-order chi connectivity index (χ0) is 14.9. The highest BCUT2D eigenvalue weighted by Gasteiger charge is 2.21. The third kappa shape index (κ3) is 2.75. The van der Waals surface area contributed by atoms with Gasteiger partial charge < -0.3 is 14.8 Å². The van der Waals surface area contributed by atoms with E-state index in [2.05, 4.69) is 10.3 Å². The van der Waals surface area contributed by atoms with E-state index in [1.165, 1.54) is 11.3 Å². The van der Waals surface area contributed by atoms with Crippen molar-refractivity contribution >= 4 is 33.2 Å². The molecule has 1 aromatic heterocycles. The first-order chi connectivity index (χ1) is 10.8. The average Bonchev–Trinajstić information content (AvgIpc) is 2.88. The second kappa shape index (κ2) is 5.76. The summed E-state index contributed by atoms with van der Waals surface area (Å²) in [5.41, 5.74) is 0.933. The Balaban J connectivity index is 1.63. The molecule has 0 amide bonds. The minimum absolute atomic E-state index is 0.163. The van der Waals surface area contributed by atoms with Crippen molar-refractivity contribution in [2.75, 3.05) is 13.1 Å². The number of hydrogen-bond donors (Lipinski definition) is 1. The van der Waals surface area contributed by atoms with Crippen molar-refractivity contribution in [1.82, 2.24) is 10.3 Å². The molecule has 0 aliphatic carbocycles. The summed E-state index contributed by atoms with van der Waals surface area (Å²) in [7, 11) is 0. The first kappa shape index (κ1) is 13.8. The van der Waals surface area contributed by atoms with Gasteiger partial charge in [-0.05, 0) is 24.3 Å². The SMILES string of the molecule is Clc1ccc(Oc2nc3ccccc3s2)c(OC2CNC2)c1. The van der Waals surface area contributed by atoms with Crippen LogP contribution >= 0.6 is 22.9 Å². The van der Waals surface area contributed by atoms with Crippen LogP contribution in [0.15, 0.2) is 42.5 Å². The number of hydrogen-bond acceptors (Lipinski definition) is 5. The molecule has 1 aliphatic rings. The van der Waals surface area contributed by atoms with Crippen LogP contribution in [-0.2, 0) is 0 Å². The Morgan fingerprint density at radius 3 is 2.77 bits per heavy atom. The minimum atomic E-state index is 0.163. The number of benzene rings is 2. The van der Waals surface area contributed by atoms with E-state index in [1.807, 2.05) is 30.3 Å². The summed E-state index contributed by atoms with van der Waals surface area (Å²) in [6, 6.07) is 13.3. The van der Waals surface area contributed by atoms with Crippen LogP contribution in [0.4, 0.5) is 0 Å². The fraction of sp³-hybridized carbons (Fsp3) is 0.188. The van der Waals surface area contributed by atoms with Gasteiger partial charge in [-0.15, -0.1) is 0 Å². The van der Waals surface area contributed by atoms with Crippen LogP contribution in [-0.4, -0.2) is 24.2 Å². The summed E-state index contributed by atoms with van der Waals surface area (Å²) < 4.78 is 12.9. The van der Waals surface area contributed by atoms with Gasteiger partial charge in [0.25, 0.3) is 5.19 Å². The lowest BCUT2D eigenvalue weighted by atomic mass is 10.2. The van der Waals surface area contributed by atoms with Crippen LogP contribution in [0.2, 0.25) is 5.02 Å². The molecule has 6 heteroatoms. The molecule has 0 saturated carbocycles. The lowest BCUT2D eigenvalue weighted by Gasteiger charge is -2.28. The average molecular weight is 333 g/mol. The molecule has 4 nitrogen and oxygen atoms in total. The van der Waals surface area contributed by atoms with Gasteiger partial charge in [0.15, 0.2) is 11.5 Å². The van der Waals surface area contributed by atoms with Gasteiger partial charge in [0.1, 0.15) is 6.10 Å². The highest BCUT2D eigenvalue weighted by atomic mass is 35.5. The maximum absolute atomic E-state index is 6.06. The topological polar surface area (TPSA) is 43.4 Å². The van der Waals surface area contributed by atoms with Crippen molar-refractivity contribution in [3.8, 4) is 16.7 Å². The Bertz CT molecular complexity index is 784. The van der Waals surface area contributed by atoms with Crippen molar-refractivity contribution in [1.29, 1.82) is 0 Å². The zero-order valence-corrected chi connectivity index (χ0v) is 13.2. The van der Waals surface area contributed by atoms with Gasteiger partial charge in [-0.3, -0.25) is 0 Å².